The van der Waals surface area contributed by atoms with E-state index in [9.17, 15) is 14.9 Å². The number of hydrogen-bond donors (Lipinski definition) is 1. The van der Waals surface area contributed by atoms with Gasteiger partial charge in [0.2, 0.25) is 0 Å². The molecule has 6 nitrogen and oxygen atoms in total. The molecule has 0 aliphatic carbocycles. The summed E-state index contributed by atoms with van der Waals surface area (Å²) >= 11 is 7.42. The predicted molar refractivity (Wildman–Crippen MR) is 115 cm³/mol. The summed E-state index contributed by atoms with van der Waals surface area (Å²) in [5.74, 6) is -0.604. The average Bonchev–Trinajstić information content (AvgIpc) is 2.95. The molecule has 0 radical (unpaired) electrons. The van der Waals surface area contributed by atoms with Gasteiger partial charge in [-0.1, -0.05) is 17.7 Å². The lowest BCUT2D eigenvalue weighted by Crippen LogP contribution is -2.16. The monoisotopic (exact) mass is 432 g/mol. The maximum absolute atomic E-state index is 12.7. The van der Waals surface area contributed by atoms with E-state index in [4.69, 9.17) is 21.1 Å². The molecule has 0 spiro atoms. The topological polar surface area (TPSA) is 88.4 Å². The lowest BCUT2D eigenvalue weighted by Gasteiger charge is -2.08. The molecule has 0 saturated carbocycles. The summed E-state index contributed by atoms with van der Waals surface area (Å²) in [5.41, 5.74) is 1.51. The van der Waals surface area contributed by atoms with Gasteiger partial charge in [0.1, 0.15) is 22.4 Å². The number of benzene rings is 1. The predicted octanol–water partition coefficient (Wildman–Crippen LogP) is 5.14. The summed E-state index contributed by atoms with van der Waals surface area (Å²) in [6.07, 6.45) is 1.42. The number of halogens is 1. The van der Waals surface area contributed by atoms with Gasteiger partial charge >= 0.3 is 5.97 Å². The summed E-state index contributed by atoms with van der Waals surface area (Å²) in [5, 5.41) is 12.8. The van der Waals surface area contributed by atoms with Crippen LogP contribution < -0.4 is 10.1 Å². The van der Waals surface area contributed by atoms with Crippen molar-refractivity contribution < 1.29 is 19.1 Å². The van der Waals surface area contributed by atoms with E-state index in [0.29, 0.717) is 33.5 Å². The number of nitriles is 1. The quantitative estimate of drug-likeness (QED) is 0.371. The second-order valence-electron chi connectivity index (χ2n) is 5.95. The van der Waals surface area contributed by atoms with Crippen LogP contribution in [0.3, 0.4) is 0 Å². The molecule has 8 heteroatoms. The molecule has 0 fully saturated rings. The van der Waals surface area contributed by atoms with Crippen molar-refractivity contribution >= 4 is 45.9 Å². The summed E-state index contributed by atoms with van der Waals surface area (Å²) < 4.78 is 10.5. The largest absolute Gasteiger partial charge is 0.492 e. The molecule has 1 aromatic carbocycles. The SMILES string of the molecule is CCOC(=O)c1c(NC(=O)/C(C#N)=C/c2ccc(OCC)c(Cl)c2)sc(C)c1C. The minimum Gasteiger partial charge on any atom is -0.492 e. The second-order valence-corrected chi connectivity index (χ2v) is 7.59. The molecule has 0 aliphatic heterocycles. The van der Waals surface area contributed by atoms with Crippen LogP contribution in [-0.2, 0) is 9.53 Å². The fraction of sp³-hybridized carbons (Fsp3) is 0.286. The Morgan fingerprint density at radius 1 is 1.28 bits per heavy atom. The van der Waals surface area contributed by atoms with Crippen molar-refractivity contribution in [2.24, 2.45) is 0 Å². The fourth-order valence-corrected chi connectivity index (χ4v) is 3.82. The van der Waals surface area contributed by atoms with Gasteiger partial charge in [0, 0.05) is 4.88 Å². The zero-order chi connectivity index (χ0) is 21.6. The van der Waals surface area contributed by atoms with Gasteiger partial charge in [0.05, 0.1) is 23.8 Å². The third-order valence-corrected chi connectivity index (χ3v) is 5.44. The number of ether oxygens (including phenoxy) is 2. The summed E-state index contributed by atoms with van der Waals surface area (Å²) in [6.45, 7) is 7.90. The number of carbonyl (C=O) groups excluding carboxylic acids is 2. The number of aryl methyl sites for hydroxylation is 1. The minimum absolute atomic E-state index is 0.122. The third-order valence-electron chi connectivity index (χ3n) is 4.02. The smallest absolute Gasteiger partial charge is 0.341 e. The fourth-order valence-electron chi connectivity index (χ4n) is 2.53. The summed E-state index contributed by atoms with van der Waals surface area (Å²) in [7, 11) is 0. The Labute approximate surface area is 178 Å². The van der Waals surface area contributed by atoms with Crippen LogP contribution in [0, 0.1) is 25.2 Å². The first-order chi connectivity index (χ1) is 13.8. The van der Waals surface area contributed by atoms with E-state index in [2.05, 4.69) is 5.32 Å². The molecule has 1 N–H and O–H groups in total. The zero-order valence-electron chi connectivity index (χ0n) is 16.6. The van der Waals surface area contributed by atoms with Crippen LogP contribution in [0.4, 0.5) is 5.00 Å². The van der Waals surface area contributed by atoms with Gasteiger partial charge in [-0.05, 0) is 57.0 Å². The Morgan fingerprint density at radius 3 is 2.59 bits per heavy atom. The highest BCUT2D eigenvalue weighted by Gasteiger charge is 2.23. The molecule has 1 heterocycles. The molecular weight excluding hydrogens is 412 g/mol. The maximum Gasteiger partial charge on any atom is 0.341 e. The molecule has 2 rings (SSSR count). The molecule has 0 unspecified atom stereocenters. The number of amides is 1. The first kappa shape index (κ1) is 22.5. The summed E-state index contributed by atoms with van der Waals surface area (Å²) in [4.78, 5) is 25.8. The number of nitrogens with zero attached hydrogens (tertiary/aromatic N) is 1. The number of rotatable bonds is 7. The normalized spacial score (nSPS) is 11.0. The highest BCUT2D eigenvalue weighted by molar-refractivity contribution is 7.16. The lowest BCUT2D eigenvalue weighted by molar-refractivity contribution is -0.112. The van der Waals surface area contributed by atoms with E-state index in [1.807, 2.05) is 19.9 Å². The number of hydrogen-bond acceptors (Lipinski definition) is 6. The first-order valence-electron chi connectivity index (χ1n) is 8.94. The number of nitrogens with one attached hydrogen (secondary N) is 1. The lowest BCUT2D eigenvalue weighted by atomic mass is 10.1. The van der Waals surface area contributed by atoms with E-state index in [0.717, 1.165) is 10.4 Å². The van der Waals surface area contributed by atoms with Crippen molar-refractivity contribution in [3.05, 3.63) is 50.4 Å². The number of thiophene rings is 1. The number of anilines is 1. The van der Waals surface area contributed by atoms with Crippen LogP contribution in [-0.4, -0.2) is 25.1 Å². The van der Waals surface area contributed by atoms with Gasteiger partial charge in [-0.3, -0.25) is 4.79 Å². The average molecular weight is 433 g/mol. The standard InChI is InChI=1S/C21H21ClN2O4S/c1-5-27-17-8-7-14(10-16(17)22)9-15(11-23)19(25)24-20-18(21(26)28-6-2)12(3)13(4)29-20/h7-10H,5-6H2,1-4H3,(H,24,25)/b15-9+. The highest BCUT2D eigenvalue weighted by atomic mass is 35.5. The van der Waals surface area contributed by atoms with Gasteiger partial charge < -0.3 is 14.8 Å². The van der Waals surface area contributed by atoms with E-state index >= 15 is 0 Å². The highest BCUT2D eigenvalue weighted by Crippen LogP contribution is 2.33. The number of carbonyl (C=O) groups is 2. The Bertz CT molecular complexity index is 1000. The molecule has 1 aromatic heterocycles. The third kappa shape index (κ3) is 5.37. The van der Waals surface area contributed by atoms with Gasteiger partial charge in [0.15, 0.2) is 0 Å². The van der Waals surface area contributed by atoms with Gasteiger partial charge in [0.25, 0.3) is 5.91 Å². The van der Waals surface area contributed by atoms with Crippen molar-refractivity contribution in [3.63, 3.8) is 0 Å². The van der Waals surface area contributed by atoms with E-state index < -0.39 is 11.9 Å². The molecule has 0 saturated heterocycles. The molecular formula is C21H21ClN2O4S. The van der Waals surface area contributed by atoms with Crippen LogP contribution in [0.15, 0.2) is 23.8 Å². The molecule has 29 heavy (non-hydrogen) atoms. The molecule has 1 amide bonds. The van der Waals surface area contributed by atoms with Crippen molar-refractivity contribution in [1.29, 1.82) is 5.26 Å². The molecule has 0 atom stereocenters. The van der Waals surface area contributed by atoms with Crippen LogP contribution in [0.2, 0.25) is 5.02 Å². The maximum atomic E-state index is 12.7. The van der Waals surface area contributed by atoms with Crippen molar-refractivity contribution in [2.75, 3.05) is 18.5 Å². The van der Waals surface area contributed by atoms with Crippen molar-refractivity contribution in [2.45, 2.75) is 27.7 Å². The van der Waals surface area contributed by atoms with E-state index in [1.165, 1.54) is 17.4 Å². The van der Waals surface area contributed by atoms with E-state index in [-0.39, 0.29) is 12.2 Å². The van der Waals surface area contributed by atoms with Gasteiger partial charge in [-0.2, -0.15) is 5.26 Å². The second kappa shape index (κ2) is 10.1. The molecule has 0 bridgehead atoms. The Kier molecular flexibility index (Phi) is 7.82. The Morgan fingerprint density at radius 2 is 2.00 bits per heavy atom. The minimum atomic E-state index is -0.621. The van der Waals surface area contributed by atoms with Crippen LogP contribution in [0.1, 0.15) is 40.2 Å². The number of esters is 1. The Balaban J connectivity index is 2.31. The van der Waals surface area contributed by atoms with Crippen LogP contribution >= 0.6 is 22.9 Å². The first-order valence-corrected chi connectivity index (χ1v) is 10.1. The Hall–Kier alpha value is -2.82. The van der Waals surface area contributed by atoms with Gasteiger partial charge in [-0.15, -0.1) is 11.3 Å². The molecule has 0 aliphatic rings. The van der Waals surface area contributed by atoms with Crippen LogP contribution in [0.5, 0.6) is 5.75 Å². The van der Waals surface area contributed by atoms with Crippen LogP contribution in [0.25, 0.3) is 6.08 Å². The van der Waals surface area contributed by atoms with E-state index in [1.54, 1.807) is 32.0 Å². The molecule has 2 aromatic rings. The zero-order valence-corrected chi connectivity index (χ0v) is 18.2. The van der Waals surface area contributed by atoms with Crippen molar-refractivity contribution in [1.82, 2.24) is 0 Å². The molecule has 152 valence electrons. The van der Waals surface area contributed by atoms with Gasteiger partial charge in [-0.25, -0.2) is 4.79 Å². The van der Waals surface area contributed by atoms with Crippen molar-refractivity contribution in [3.8, 4) is 11.8 Å². The summed E-state index contributed by atoms with van der Waals surface area (Å²) in [6, 6.07) is 6.88.